The number of nitrogens with zero attached hydrogens (tertiary/aromatic N) is 1. The summed E-state index contributed by atoms with van der Waals surface area (Å²) in [5, 5.41) is 9.85. The van der Waals surface area contributed by atoms with Crippen LogP contribution in [0.25, 0.3) is 0 Å². The zero-order chi connectivity index (χ0) is 12.3. The number of H-pyrrole nitrogens is 1. The van der Waals surface area contributed by atoms with Gasteiger partial charge < -0.3 is 5.32 Å². The van der Waals surface area contributed by atoms with E-state index < -0.39 is 0 Å². The topological polar surface area (TPSA) is 57.8 Å². The highest BCUT2D eigenvalue weighted by molar-refractivity contribution is 5.95. The molecule has 2 N–H and O–H groups in total. The molecule has 1 fully saturated rings. The Morgan fingerprint density at radius 2 is 2.29 bits per heavy atom. The van der Waals surface area contributed by atoms with Crippen LogP contribution in [0.15, 0.2) is 6.20 Å². The summed E-state index contributed by atoms with van der Waals surface area (Å²) in [5.74, 6) is 0.654. The number of aromatic amines is 1. The highest BCUT2D eigenvalue weighted by atomic mass is 16.1. The molecule has 1 aliphatic rings. The van der Waals surface area contributed by atoms with Gasteiger partial charge in [0.2, 0.25) is 0 Å². The highest BCUT2D eigenvalue weighted by Gasteiger charge is 2.25. The van der Waals surface area contributed by atoms with E-state index in [0.717, 1.165) is 18.5 Å². The number of carbonyl (C=O) groups excluding carboxylic acids is 1. The summed E-state index contributed by atoms with van der Waals surface area (Å²) < 4.78 is 0. The van der Waals surface area contributed by atoms with Crippen LogP contribution in [0.5, 0.6) is 0 Å². The zero-order valence-corrected chi connectivity index (χ0v) is 10.6. The normalized spacial score (nSPS) is 24.6. The number of nitrogens with one attached hydrogen (secondary N) is 2. The van der Waals surface area contributed by atoms with Gasteiger partial charge in [-0.25, -0.2) is 0 Å². The summed E-state index contributed by atoms with van der Waals surface area (Å²) in [6, 6.07) is 0.343. The Morgan fingerprint density at radius 3 is 2.94 bits per heavy atom. The van der Waals surface area contributed by atoms with E-state index in [9.17, 15) is 4.79 Å². The molecule has 17 heavy (non-hydrogen) atoms. The highest BCUT2D eigenvalue weighted by Crippen LogP contribution is 2.27. The van der Waals surface area contributed by atoms with Gasteiger partial charge in [-0.15, -0.1) is 0 Å². The first-order valence-corrected chi connectivity index (χ1v) is 6.53. The van der Waals surface area contributed by atoms with Gasteiger partial charge in [0.1, 0.15) is 0 Å². The summed E-state index contributed by atoms with van der Waals surface area (Å²) in [4.78, 5) is 12.1. The fourth-order valence-electron chi connectivity index (χ4n) is 2.71. The quantitative estimate of drug-likeness (QED) is 0.845. The monoisotopic (exact) mass is 235 g/mol. The molecular weight excluding hydrogens is 214 g/mol. The zero-order valence-electron chi connectivity index (χ0n) is 10.6. The van der Waals surface area contributed by atoms with Crippen LogP contribution in [0.1, 0.15) is 55.1 Å². The van der Waals surface area contributed by atoms with E-state index in [2.05, 4.69) is 22.4 Å². The molecule has 4 heteroatoms. The maximum absolute atomic E-state index is 12.1. The van der Waals surface area contributed by atoms with E-state index in [1.54, 1.807) is 6.20 Å². The van der Waals surface area contributed by atoms with E-state index >= 15 is 0 Å². The Kier molecular flexibility index (Phi) is 3.82. The van der Waals surface area contributed by atoms with Crippen LogP contribution >= 0.6 is 0 Å². The van der Waals surface area contributed by atoms with Gasteiger partial charge in [0.25, 0.3) is 5.91 Å². The van der Waals surface area contributed by atoms with E-state index in [1.165, 1.54) is 19.3 Å². The summed E-state index contributed by atoms with van der Waals surface area (Å²) in [6.07, 6.45) is 7.64. The fourth-order valence-corrected chi connectivity index (χ4v) is 2.71. The fraction of sp³-hybridized carbons (Fsp3) is 0.692. The summed E-state index contributed by atoms with van der Waals surface area (Å²) in [5.41, 5.74) is 1.51. The average Bonchev–Trinajstić information content (AvgIpc) is 2.76. The smallest absolute Gasteiger partial charge is 0.254 e. The van der Waals surface area contributed by atoms with Gasteiger partial charge in [-0.05, 0) is 25.7 Å². The minimum absolute atomic E-state index is 0.0154. The van der Waals surface area contributed by atoms with Crippen molar-refractivity contribution < 1.29 is 4.79 Å². The molecule has 2 unspecified atom stereocenters. The van der Waals surface area contributed by atoms with Gasteiger partial charge >= 0.3 is 0 Å². The van der Waals surface area contributed by atoms with Gasteiger partial charge in [-0.2, -0.15) is 5.10 Å². The van der Waals surface area contributed by atoms with Crippen LogP contribution in [-0.4, -0.2) is 22.1 Å². The maximum Gasteiger partial charge on any atom is 0.254 e. The molecule has 1 aromatic rings. The van der Waals surface area contributed by atoms with Crippen molar-refractivity contribution in [2.24, 2.45) is 5.92 Å². The lowest BCUT2D eigenvalue weighted by atomic mass is 9.83. The number of carbonyl (C=O) groups is 1. The second-order valence-corrected chi connectivity index (χ2v) is 4.94. The van der Waals surface area contributed by atoms with Crippen LogP contribution in [0.4, 0.5) is 0 Å². The van der Waals surface area contributed by atoms with Crippen LogP contribution in [0, 0.1) is 12.8 Å². The molecule has 1 aromatic heterocycles. The molecule has 94 valence electrons. The Balaban J connectivity index is 2.00. The van der Waals surface area contributed by atoms with Gasteiger partial charge in [0, 0.05) is 11.7 Å². The van der Waals surface area contributed by atoms with Gasteiger partial charge in [0.15, 0.2) is 0 Å². The van der Waals surface area contributed by atoms with Gasteiger partial charge in [-0.3, -0.25) is 9.89 Å². The number of aryl methyl sites for hydroxylation is 1. The molecule has 0 radical (unpaired) electrons. The van der Waals surface area contributed by atoms with Crippen LogP contribution in [0.2, 0.25) is 0 Å². The summed E-state index contributed by atoms with van der Waals surface area (Å²) in [6.45, 7) is 4.08. The van der Waals surface area contributed by atoms with Crippen molar-refractivity contribution in [3.8, 4) is 0 Å². The lowest BCUT2D eigenvalue weighted by Gasteiger charge is -2.31. The van der Waals surface area contributed by atoms with Crippen molar-refractivity contribution in [2.45, 2.75) is 52.0 Å². The number of aromatic nitrogens is 2. The average molecular weight is 235 g/mol. The molecule has 2 rings (SSSR count). The first-order valence-electron chi connectivity index (χ1n) is 6.53. The van der Waals surface area contributed by atoms with Crippen molar-refractivity contribution in [3.05, 3.63) is 17.5 Å². The molecule has 4 nitrogen and oxygen atoms in total. The van der Waals surface area contributed by atoms with Crippen LogP contribution in [-0.2, 0) is 0 Å². The predicted molar refractivity (Wildman–Crippen MR) is 66.8 cm³/mol. The molecule has 0 aromatic carbocycles. The molecule has 2 atom stereocenters. The number of hydrogen-bond donors (Lipinski definition) is 2. The Morgan fingerprint density at radius 1 is 1.53 bits per heavy atom. The second kappa shape index (κ2) is 5.34. The number of hydrogen-bond acceptors (Lipinski definition) is 2. The lowest BCUT2D eigenvalue weighted by Crippen LogP contribution is -2.42. The van der Waals surface area contributed by atoms with E-state index in [0.29, 0.717) is 17.5 Å². The second-order valence-electron chi connectivity index (χ2n) is 4.94. The van der Waals surface area contributed by atoms with Crippen molar-refractivity contribution in [2.75, 3.05) is 0 Å². The molecule has 0 spiro atoms. The minimum Gasteiger partial charge on any atom is -0.349 e. The molecule has 1 aliphatic carbocycles. The van der Waals surface area contributed by atoms with Crippen LogP contribution in [0.3, 0.4) is 0 Å². The van der Waals surface area contributed by atoms with Crippen LogP contribution < -0.4 is 5.32 Å². The Labute approximate surface area is 102 Å². The molecule has 1 amide bonds. The Hall–Kier alpha value is -1.32. The van der Waals surface area contributed by atoms with Gasteiger partial charge in [-0.1, -0.05) is 26.2 Å². The van der Waals surface area contributed by atoms with E-state index in [4.69, 9.17) is 0 Å². The molecule has 0 bridgehead atoms. The molecule has 0 saturated heterocycles. The summed E-state index contributed by atoms with van der Waals surface area (Å²) in [7, 11) is 0. The number of rotatable bonds is 3. The SMILES string of the molecule is CCC1CCCCC1NC(=O)c1cn[nH]c1C. The third-order valence-electron chi connectivity index (χ3n) is 3.82. The first-order chi connectivity index (χ1) is 8.22. The number of amides is 1. The van der Waals surface area contributed by atoms with Crippen molar-refractivity contribution in [1.82, 2.24) is 15.5 Å². The largest absolute Gasteiger partial charge is 0.349 e. The van der Waals surface area contributed by atoms with E-state index in [1.807, 2.05) is 6.92 Å². The van der Waals surface area contributed by atoms with E-state index in [-0.39, 0.29) is 5.91 Å². The third-order valence-corrected chi connectivity index (χ3v) is 3.82. The minimum atomic E-state index is 0.0154. The third kappa shape index (κ3) is 2.68. The first kappa shape index (κ1) is 12.1. The van der Waals surface area contributed by atoms with Gasteiger partial charge in [0.05, 0.1) is 11.8 Å². The maximum atomic E-state index is 12.1. The Bertz CT molecular complexity index is 386. The molecule has 1 heterocycles. The molecule has 1 saturated carbocycles. The standard InChI is InChI=1S/C13H21N3O/c1-3-10-6-4-5-7-12(10)15-13(17)11-8-14-16-9(11)2/h8,10,12H,3-7H2,1-2H3,(H,14,16)(H,15,17). The van der Waals surface area contributed by atoms with Crippen molar-refractivity contribution >= 4 is 5.91 Å². The lowest BCUT2D eigenvalue weighted by molar-refractivity contribution is 0.0904. The summed E-state index contributed by atoms with van der Waals surface area (Å²) >= 11 is 0. The molecular formula is C13H21N3O. The van der Waals surface area contributed by atoms with Crippen molar-refractivity contribution in [3.63, 3.8) is 0 Å². The van der Waals surface area contributed by atoms with Crippen molar-refractivity contribution in [1.29, 1.82) is 0 Å². The predicted octanol–water partition coefficient (Wildman–Crippen LogP) is 2.42. The molecule has 0 aliphatic heterocycles.